The molecule has 2 fully saturated rings. The molecule has 2 saturated heterocycles. The van der Waals surface area contributed by atoms with Crippen molar-refractivity contribution >= 4 is 12.0 Å². The van der Waals surface area contributed by atoms with Crippen molar-refractivity contribution in [1.82, 2.24) is 10.2 Å². The third-order valence-corrected chi connectivity index (χ3v) is 6.71. The molecule has 1 spiro atoms. The van der Waals surface area contributed by atoms with Gasteiger partial charge in [0.2, 0.25) is 0 Å². The second-order valence-electron chi connectivity index (χ2n) is 8.18. The molecule has 1 N–H and O–H groups in total. The first-order valence-corrected chi connectivity index (χ1v) is 10.1. The van der Waals surface area contributed by atoms with E-state index >= 15 is 0 Å². The zero-order valence-corrected chi connectivity index (χ0v) is 15.7. The van der Waals surface area contributed by atoms with E-state index < -0.39 is 0 Å². The van der Waals surface area contributed by atoms with Gasteiger partial charge in [-0.05, 0) is 60.5 Å². The Morgan fingerprint density at radius 1 is 1.04 bits per heavy atom. The summed E-state index contributed by atoms with van der Waals surface area (Å²) in [7, 11) is 0. The van der Waals surface area contributed by atoms with Gasteiger partial charge in [0, 0.05) is 30.6 Å². The van der Waals surface area contributed by atoms with Crippen molar-refractivity contribution in [3.8, 4) is 0 Å². The number of rotatable bonds is 2. The summed E-state index contributed by atoms with van der Waals surface area (Å²) in [6, 6.07) is 17.0. The molecule has 27 heavy (non-hydrogen) atoms. The van der Waals surface area contributed by atoms with Crippen molar-refractivity contribution in [2.75, 3.05) is 26.2 Å². The second-order valence-corrected chi connectivity index (χ2v) is 8.18. The zero-order chi connectivity index (χ0) is 18.3. The summed E-state index contributed by atoms with van der Waals surface area (Å²) >= 11 is 0. The van der Waals surface area contributed by atoms with Gasteiger partial charge in [0.25, 0.3) is 5.91 Å². The van der Waals surface area contributed by atoms with E-state index in [1.54, 1.807) is 0 Å². The molecule has 3 aliphatic rings. The quantitative estimate of drug-likeness (QED) is 0.881. The number of carbonyl (C=O) groups excluding carboxylic acids is 1. The topological polar surface area (TPSA) is 32.3 Å². The normalized spacial score (nSPS) is 23.0. The van der Waals surface area contributed by atoms with Crippen molar-refractivity contribution in [1.29, 1.82) is 0 Å². The Morgan fingerprint density at radius 3 is 2.56 bits per heavy atom. The van der Waals surface area contributed by atoms with Crippen LogP contribution in [-0.4, -0.2) is 37.0 Å². The Balaban J connectivity index is 1.27. The third-order valence-electron chi connectivity index (χ3n) is 6.71. The lowest BCUT2D eigenvalue weighted by Crippen LogP contribution is -2.44. The van der Waals surface area contributed by atoms with Crippen LogP contribution < -0.4 is 5.32 Å². The predicted octanol–water partition coefficient (Wildman–Crippen LogP) is 3.96. The molecule has 1 amide bonds. The summed E-state index contributed by atoms with van der Waals surface area (Å²) in [4.78, 5) is 15.0. The first-order chi connectivity index (χ1) is 13.3. The number of nitrogens with one attached hydrogen (secondary N) is 1. The molecule has 0 unspecified atom stereocenters. The molecular weight excluding hydrogens is 332 g/mol. The van der Waals surface area contributed by atoms with Crippen LogP contribution in [-0.2, 0) is 5.41 Å². The maximum absolute atomic E-state index is 13.0. The van der Waals surface area contributed by atoms with E-state index in [1.807, 2.05) is 17.0 Å². The monoisotopic (exact) mass is 358 g/mol. The predicted molar refractivity (Wildman–Crippen MR) is 109 cm³/mol. The fourth-order valence-corrected chi connectivity index (χ4v) is 5.00. The van der Waals surface area contributed by atoms with Crippen LogP contribution >= 0.6 is 0 Å². The van der Waals surface area contributed by atoms with Gasteiger partial charge in [-0.2, -0.15) is 0 Å². The standard InChI is InChI=1S/C24H26N2O/c27-23(20-7-5-18(6-8-20)21-10-14-25-17-21)26-15-12-24(13-16-26)11-9-19-3-1-2-4-22(19)24/h1-9,11,21,25H,10,12-17H2/t21-/m0/s1. The maximum atomic E-state index is 13.0. The molecule has 2 aromatic rings. The minimum absolute atomic E-state index is 0.132. The molecule has 0 bridgehead atoms. The summed E-state index contributed by atoms with van der Waals surface area (Å²) < 4.78 is 0. The molecule has 1 aliphatic carbocycles. The number of fused-ring (bicyclic) bond motifs is 2. The molecule has 3 nitrogen and oxygen atoms in total. The van der Waals surface area contributed by atoms with Crippen LogP contribution in [0.4, 0.5) is 0 Å². The van der Waals surface area contributed by atoms with Gasteiger partial charge in [0.05, 0.1) is 0 Å². The number of hydrogen-bond acceptors (Lipinski definition) is 2. The first-order valence-electron chi connectivity index (χ1n) is 10.1. The van der Waals surface area contributed by atoms with Crippen molar-refractivity contribution in [2.45, 2.75) is 30.6 Å². The summed E-state index contributed by atoms with van der Waals surface area (Å²) in [5.74, 6) is 0.773. The second kappa shape index (κ2) is 6.65. The summed E-state index contributed by atoms with van der Waals surface area (Å²) in [5.41, 5.74) is 5.08. The van der Waals surface area contributed by atoms with Crippen LogP contribution in [0.5, 0.6) is 0 Å². The van der Waals surface area contributed by atoms with E-state index in [0.717, 1.165) is 44.6 Å². The van der Waals surface area contributed by atoms with Crippen LogP contribution in [0.3, 0.4) is 0 Å². The largest absolute Gasteiger partial charge is 0.339 e. The van der Waals surface area contributed by atoms with Crippen molar-refractivity contribution in [2.24, 2.45) is 0 Å². The highest BCUT2D eigenvalue weighted by Gasteiger charge is 2.38. The average molecular weight is 358 g/mol. The lowest BCUT2D eigenvalue weighted by Gasteiger charge is -2.39. The van der Waals surface area contributed by atoms with Gasteiger partial charge < -0.3 is 10.2 Å². The van der Waals surface area contributed by atoms with E-state index in [1.165, 1.54) is 23.1 Å². The Bertz CT molecular complexity index is 870. The lowest BCUT2D eigenvalue weighted by molar-refractivity contribution is 0.0690. The Morgan fingerprint density at radius 2 is 1.81 bits per heavy atom. The van der Waals surface area contributed by atoms with Gasteiger partial charge >= 0.3 is 0 Å². The van der Waals surface area contributed by atoms with E-state index in [9.17, 15) is 4.79 Å². The molecule has 1 atom stereocenters. The number of allylic oxidation sites excluding steroid dienone is 1. The molecule has 0 aromatic heterocycles. The van der Waals surface area contributed by atoms with Crippen LogP contribution in [0.25, 0.3) is 6.08 Å². The number of carbonyl (C=O) groups is 1. The molecule has 2 heterocycles. The summed E-state index contributed by atoms with van der Waals surface area (Å²) in [6.45, 7) is 3.80. The molecule has 0 radical (unpaired) electrons. The van der Waals surface area contributed by atoms with Gasteiger partial charge in [-0.1, -0.05) is 48.6 Å². The molecule has 138 valence electrons. The number of piperidine rings is 1. The van der Waals surface area contributed by atoms with Crippen molar-refractivity contribution in [3.05, 3.63) is 76.9 Å². The number of nitrogens with zero attached hydrogens (tertiary/aromatic N) is 1. The number of amides is 1. The van der Waals surface area contributed by atoms with E-state index in [2.05, 4.69) is 53.9 Å². The molecule has 5 rings (SSSR count). The summed E-state index contributed by atoms with van der Waals surface area (Å²) in [6.07, 6.45) is 7.83. The number of hydrogen-bond donors (Lipinski definition) is 1. The fraction of sp³-hybridized carbons (Fsp3) is 0.375. The minimum Gasteiger partial charge on any atom is -0.339 e. The van der Waals surface area contributed by atoms with Gasteiger partial charge in [0.15, 0.2) is 0 Å². The van der Waals surface area contributed by atoms with Crippen molar-refractivity contribution in [3.63, 3.8) is 0 Å². The Kier molecular flexibility index (Phi) is 4.13. The molecule has 0 saturated carbocycles. The number of likely N-dealkylation sites (tertiary alicyclic amines) is 1. The van der Waals surface area contributed by atoms with E-state index in [0.29, 0.717) is 5.92 Å². The average Bonchev–Trinajstić information content (AvgIpc) is 3.38. The third kappa shape index (κ3) is 2.90. The zero-order valence-electron chi connectivity index (χ0n) is 15.7. The highest BCUT2D eigenvalue weighted by molar-refractivity contribution is 5.94. The van der Waals surface area contributed by atoms with Crippen LogP contribution in [0.1, 0.15) is 52.2 Å². The first kappa shape index (κ1) is 16.8. The highest BCUT2D eigenvalue weighted by Crippen LogP contribution is 2.43. The highest BCUT2D eigenvalue weighted by atomic mass is 16.2. The van der Waals surface area contributed by atoms with E-state index in [4.69, 9.17) is 0 Å². The molecular formula is C24H26N2O. The minimum atomic E-state index is 0.132. The molecule has 3 heteroatoms. The van der Waals surface area contributed by atoms with Gasteiger partial charge in [-0.15, -0.1) is 0 Å². The fourth-order valence-electron chi connectivity index (χ4n) is 5.00. The lowest BCUT2D eigenvalue weighted by atomic mass is 9.74. The Labute approximate surface area is 161 Å². The number of benzene rings is 2. The summed E-state index contributed by atoms with van der Waals surface area (Å²) in [5, 5.41) is 3.41. The Hall–Kier alpha value is -2.39. The molecule has 2 aromatic carbocycles. The van der Waals surface area contributed by atoms with Crippen LogP contribution in [0.2, 0.25) is 0 Å². The van der Waals surface area contributed by atoms with Gasteiger partial charge in [0.1, 0.15) is 0 Å². The van der Waals surface area contributed by atoms with Crippen LogP contribution in [0.15, 0.2) is 54.6 Å². The van der Waals surface area contributed by atoms with Crippen molar-refractivity contribution < 1.29 is 4.79 Å². The van der Waals surface area contributed by atoms with Gasteiger partial charge in [-0.25, -0.2) is 0 Å². The smallest absolute Gasteiger partial charge is 0.253 e. The SMILES string of the molecule is O=C(c1ccc([C@H]2CCNC2)cc1)N1CCC2(C=Cc3ccccc32)CC1. The van der Waals surface area contributed by atoms with Gasteiger partial charge in [-0.3, -0.25) is 4.79 Å². The molecule has 2 aliphatic heterocycles. The van der Waals surface area contributed by atoms with Crippen LogP contribution in [0, 0.1) is 0 Å². The van der Waals surface area contributed by atoms with E-state index in [-0.39, 0.29) is 11.3 Å². The maximum Gasteiger partial charge on any atom is 0.253 e.